The highest BCUT2D eigenvalue weighted by Gasteiger charge is 2.24. The van der Waals surface area contributed by atoms with E-state index in [1.165, 1.54) is 16.8 Å². The van der Waals surface area contributed by atoms with Gasteiger partial charge >= 0.3 is 0 Å². The van der Waals surface area contributed by atoms with Crippen LogP contribution in [0, 0.1) is 0 Å². The average molecular weight is 173 g/mol. The minimum absolute atomic E-state index is 0.278. The number of nitrogens with one attached hydrogen (secondary N) is 2. The Morgan fingerprint density at radius 3 is 3.46 bits per heavy atom. The van der Waals surface area contributed by atoms with E-state index in [4.69, 9.17) is 0 Å². The Balaban J connectivity index is 2.07. The third-order valence-electron chi connectivity index (χ3n) is 2.64. The Kier molecular flexibility index (Phi) is 1.40. The Bertz CT molecular complexity index is 360. The monoisotopic (exact) mass is 173 g/mol. The molecular formula is C10H11N3. The summed E-state index contributed by atoms with van der Waals surface area (Å²) in [7, 11) is 0. The third-order valence-corrected chi connectivity index (χ3v) is 2.64. The minimum atomic E-state index is 0.278. The zero-order valence-electron chi connectivity index (χ0n) is 7.25. The lowest BCUT2D eigenvalue weighted by Crippen LogP contribution is -2.38. The van der Waals surface area contributed by atoms with Crippen molar-refractivity contribution in [2.24, 2.45) is 4.99 Å². The maximum absolute atomic E-state index is 4.35. The molecule has 0 radical (unpaired) electrons. The molecule has 2 aliphatic heterocycles. The highest BCUT2D eigenvalue weighted by molar-refractivity contribution is 5.80. The fourth-order valence-electron chi connectivity index (χ4n) is 1.98. The fraction of sp³-hybridized carbons (Fsp3) is 0.300. The van der Waals surface area contributed by atoms with Crippen molar-refractivity contribution in [2.45, 2.75) is 6.04 Å². The second-order valence-corrected chi connectivity index (χ2v) is 3.40. The summed E-state index contributed by atoms with van der Waals surface area (Å²) in [6.45, 7) is 1.82. The van der Waals surface area contributed by atoms with Gasteiger partial charge in [0.1, 0.15) is 0 Å². The highest BCUT2D eigenvalue weighted by atomic mass is 15.1. The van der Waals surface area contributed by atoms with Gasteiger partial charge in [-0.05, 0) is 23.3 Å². The molecule has 2 heterocycles. The number of hydrogen-bond donors (Lipinski definition) is 2. The molecule has 0 aromatic rings. The normalized spacial score (nSPS) is 29.5. The standard InChI is InChI=1S/C10H11N3/c1-2-10-8(5-11-6-13-10)7-3-4-12-9(1)7/h1-4,9,11,13H,5-6H2. The largest absolute Gasteiger partial charge is 0.372 e. The molecule has 0 aromatic carbocycles. The van der Waals surface area contributed by atoms with Gasteiger partial charge < -0.3 is 5.32 Å². The molecule has 1 aliphatic carbocycles. The van der Waals surface area contributed by atoms with Crippen LogP contribution >= 0.6 is 0 Å². The van der Waals surface area contributed by atoms with Gasteiger partial charge in [0.25, 0.3) is 0 Å². The van der Waals surface area contributed by atoms with Crippen LogP contribution in [0.15, 0.2) is 40.1 Å². The first-order valence-corrected chi connectivity index (χ1v) is 4.55. The first kappa shape index (κ1) is 7.09. The van der Waals surface area contributed by atoms with Gasteiger partial charge in [0.2, 0.25) is 0 Å². The average Bonchev–Trinajstić information content (AvgIpc) is 2.65. The van der Waals surface area contributed by atoms with Gasteiger partial charge in [-0.25, -0.2) is 0 Å². The quantitative estimate of drug-likeness (QED) is 0.554. The maximum Gasteiger partial charge on any atom is 0.0938 e. The summed E-state index contributed by atoms with van der Waals surface area (Å²) in [6, 6.07) is 0.278. The number of aliphatic imine (C=N–C) groups is 1. The maximum atomic E-state index is 4.35. The Morgan fingerprint density at radius 1 is 1.46 bits per heavy atom. The van der Waals surface area contributed by atoms with E-state index in [9.17, 15) is 0 Å². The molecule has 1 unspecified atom stereocenters. The highest BCUT2D eigenvalue weighted by Crippen LogP contribution is 2.28. The van der Waals surface area contributed by atoms with E-state index in [1.807, 2.05) is 6.21 Å². The number of nitrogens with zero attached hydrogens (tertiary/aromatic N) is 1. The summed E-state index contributed by atoms with van der Waals surface area (Å²) in [4.78, 5) is 4.35. The molecule has 0 aromatic heterocycles. The summed E-state index contributed by atoms with van der Waals surface area (Å²) in [5, 5.41) is 6.62. The van der Waals surface area contributed by atoms with Gasteiger partial charge in [0.05, 0.1) is 12.7 Å². The predicted octanol–water partition coefficient (Wildman–Crippen LogP) is 0.340. The molecule has 66 valence electrons. The van der Waals surface area contributed by atoms with E-state index < -0.39 is 0 Å². The van der Waals surface area contributed by atoms with E-state index in [0.29, 0.717) is 0 Å². The molecular weight excluding hydrogens is 162 g/mol. The van der Waals surface area contributed by atoms with Crippen molar-refractivity contribution in [2.75, 3.05) is 13.2 Å². The first-order valence-electron chi connectivity index (χ1n) is 4.55. The Morgan fingerprint density at radius 2 is 2.46 bits per heavy atom. The molecule has 1 atom stereocenters. The fourth-order valence-corrected chi connectivity index (χ4v) is 1.98. The summed E-state index contributed by atoms with van der Waals surface area (Å²) < 4.78 is 0. The predicted molar refractivity (Wildman–Crippen MR) is 52.5 cm³/mol. The van der Waals surface area contributed by atoms with Crippen LogP contribution in [0.5, 0.6) is 0 Å². The topological polar surface area (TPSA) is 36.4 Å². The zero-order valence-corrected chi connectivity index (χ0v) is 7.25. The zero-order chi connectivity index (χ0) is 8.67. The van der Waals surface area contributed by atoms with Crippen LogP contribution in [0.2, 0.25) is 0 Å². The molecule has 13 heavy (non-hydrogen) atoms. The van der Waals surface area contributed by atoms with E-state index >= 15 is 0 Å². The van der Waals surface area contributed by atoms with Gasteiger partial charge in [0.15, 0.2) is 0 Å². The summed E-state index contributed by atoms with van der Waals surface area (Å²) in [5.74, 6) is 0. The molecule has 0 spiro atoms. The van der Waals surface area contributed by atoms with Gasteiger partial charge in [0, 0.05) is 18.5 Å². The van der Waals surface area contributed by atoms with Crippen LogP contribution < -0.4 is 10.6 Å². The van der Waals surface area contributed by atoms with Crippen LogP contribution in [0.3, 0.4) is 0 Å². The van der Waals surface area contributed by atoms with Crippen LogP contribution in [-0.2, 0) is 0 Å². The molecule has 3 rings (SSSR count). The SMILES string of the molecule is C1=CC2N=CC=C2C2=C1NCNC2. The lowest BCUT2D eigenvalue weighted by Gasteiger charge is -2.27. The lowest BCUT2D eigenvalue weighted by atomic mass is 9.92. The van der Waals surface area contributed by atoms with Crippen LogP contribution in [0.4, 0.5) is 0 Å². The molecule has 0 saturated heterocycles. The molecule has 0 amide bonds. The van der Waals surface area contributed by atoms with Crippen molar-refractivity contribution >= 4 is 6.21 Å². The van der Waals surface area contributed by atoms with Gasteiger partial charge in [-0.3, -0.25) is 10.3 Å². The number of rotatable bonds is 0. The smallest absolute Gasteiger partial charge is 0.0938 e. The van der Waals surface area contributed by atoms with Crippen LogP contribution in [0.25, 0.3) is 0 Å². The summed E-state index contributed by atoms with van der Waals surface area (Å²) in [5.41, 5.74) is 3.97. The van der Waals surface area contributed by atoms with Gasteiger partial charge in [-0.1, -0.05) is 6.08 Å². The van der Waals surface area contributed by atoms with Crippen molar-refractivity contribution in [3.05, 3.63) is 35.1 Å². The van der Waals surface area contributed by atoms with E-state index in [1.54, 1.807) is 0 Å². The molecule has 0 bridgehead atoms. The molecule has 0 saturated carbocycles. The van der Waals surface area contributed by atoms with E-state index in [2.05, 4.69) is 33.9 Å². The Labute approximate surface area is 76.9 Å². The summed E-state index contributed by atoms with van der Waals surface area (Å²) in [6.07, 6.45) is 8.29. The Hall–Kier alpha value is -1.35. The number of hydrogen-bond acceptors (Lipinski definition) is 3. The molecule has 3 heteroatoms. The molecule has 3 aliphatic rings. The number of fused-ring (bicyclic) bond motifs is 2. The van der Waals surface area contributed by atoms with Crippen LogP contribution in [0.1, 0.15) is 0 Å². The summed E-state index contributed by atoms with van der Waals surface area (Å²) >= 11 is 0. The van der Waals surface area contributed by atoms with Crippen molar-refractivity contribution < 1.29 is 0 Å². The third kappa shape index (κ3) is 0.971. The second kappa shape index (κ2) is 2.57. The van der Waals surface area contributed by atoms with E-state index in [0.717, 1.165) is 13.2 Å². The lowest BCUT2D eigenvalue weighted by molar-refractivity contribution is 0.622. The minimum Gasteiger partial charge on any atom is -0.372 e. The number of allylic oxidation sites excluding steroid dienone is 2. The van der Waals surface area contributed by atoms with E-state index in [-0.39, 0.29) is 6.04 Å². The van der Waals surface area contributed by atoms with Crippen LogP contribution in [-0.4, -0.2) is 25.5 Å². The first-order chi connectivity index (χ1) is 6.45. The van der Waals surface area contributed by atoms with Crippen molar-refractivity contribution in [1.29, 1.82) is 0 Å². The molecule has 0 fully saturated rings. The van der Waals surface area contributed by atoms with Crippen molar-refractivity contribution in [3.63, 3.8) is 0 Å². The molecule has 2 N–H and O–H groups in total. The second-order valence-electron chi connectivity index (χ2n) is 3.40. The van der Waals surface area contributed by atoms with Crippen molar-refractivity contribution in [1.82, 2.24) is 10.6 Å². The van der Waals surface area contributed by atoms with Crippen molar-refractivity contribution in [3.8, 4) is 0 Å². The molecule has 3 nitrogen and oxygen atoms in total. The van der Waals surface area contributed by atoms with Gasteiger partial charge in [-0.15, -0.1) is 0 Å². The van der Waals surface area contributed by atoms with Gasteiger partial charge in [-0.2, -0.15) is 0 Å².